The third-order valence-corrected chi connectivity index (χ3v) is 5.56. The number of nitrogens with zero attached hydrogens (tertiary/aromatic N) is 3. The summed E-state index contributed by atoms with van der Waals surface area (Å²) < 4.78 is 0. The Balaban J connectivity index is 1.84. The van der Waals surface area contributed by atoms with Gasteiger partial charge in [-0.3, -0.25) is 0 Å². The van der Waals surface area contributed by atoms with Gasteiger partial charge in [-0.2, -0.15) is 0 Å². The Morgan fingerprint density at radius 1 is 1.00 bits per heavy atom. The predicted molar refractivity (Wildman–Crippen MR) is 111 cm³/mol. The third kappa shape index (κ3) is 3.29. The average molecular weight is 366 g/mol. The van der Waals surface area contributed by atoms with E-state index in [9.17, 15) is 0 Å². The molecule has 26 heavy (non-hydrogen) atoms. The van der Waals surface area contributed by atoms with Gasteiger partial charge < -0.3 is 9.80 Å². The van der Waals surface area contributed by atoms with E-state index in [4.69, 9.17) is 16.6 Å². The van der Waals surface area contributed by atoms with Crippen molar-refractivity contribution in [3.05, 3.63) is 59.1 Å². The van der Waals surface area contributed by atoms with Crippen LogP contribution in [0.5, 0.6) is 0 Å². The minimum atomic E-state index is 0.744. The fourth-order valence-corrected chi connectivity index (χ4v) is 3.92. The van der Waals surface area contributed by atoms with Crippen LogP contribution in [0.25, 0.3) is 22.0 Å². The van der Waals surface area contributed by atoms with Gasteiger partial charge in [-0.15, -0.1) is 0 Å². The second-order valence-electron chi connectivity index (χ2n) is 6.96. The molecule has 134 valence electrons. The average Bonchev–Trinajstić information content (AvgIpc) is 2.67. The summed E-state index contributed by atoms with van der Waals surface area (Å²) in [6.45, 7) is 9.66. The standard InChI is InChI=1S/C22H24ClN3/c1-3-25-10-12-26(13-11-25)22-18-9-8-16(2)14-17(18)15-21(24-22)19-6-4-5-7-20(19)23/h4-9,14-15H,3,10-13H2,1-2H3. The van der Waals surface area contributed by atoms with Gasteiger partial charge in [-0.1, -0.05) is 60.5 Å². The minimum Gasteiger partial charge on any atom is -0.354 e. The Kier molecular flexibility index (Phi) is 4.84. The van der Waals surface area contributed by atoms with Gasteiger partial charge in [-0.25, -0.2) is 4.98 Å². The quantitative estimate of drug-likeness (QED) is 0.650. The summed E-state index contributed by atoms with van der Waals surface area (Å²) in [5.41, 5.74) is 3.20. The molecule has 3 aromatic rings. The van der Waals surface area contributed by atoms with Gasteiger partial charge in [0.2, 0.25) is 0 Å². The number of hydrogen-bond acceptors (Lipinski definition) is 3. The van der Waals surface area contributed by atoms with Gasteiger partial charge in [0.1, 0.15) is 5.82 Å². The number of fused-ring (bicyclic) bond motifs is 1. The van der Waals surface area contributed by atoms with E-state index in [0.29, 0.717) is 0 Å². The minimum absolute atomic E-state index is 0.744. The first-order valence-corrected chi connectivity index (χ1v) is 9.67. The summed E-state index contributed by atoms with van der Waals surface area (Å²) in [5.74, 6) is 1.08. The van der Waals surface area contributed by atoms with Gasteiger partial charge in [0.05, 0.1) is 5.69 Å². The molecule has 4 rings (SSSR count). The maximum atomic E-state index is 6.46. The van der Waals surface area contributed by atoms with Gasteiger partial charge in [0.25, 0.3) is 0 Å². The highest BCUT2D eigenvalue weighted by atomic mass is 35.5. The van der Waals surface area contributed by atoms with E-state index >= 15 is 0 Å². The molecule has 0 N–H and O–H groups in total. The Bertz CT molecular complexity index is 930. The first kappa shape index (κ1) is 17.3. The maximum Gasteiger partial charge on any atom is 0.137 e. The Labute approximate surface area is 160 Å². The van der Waals surface area contributed by atoms with E-state index in [1.54, 1.807) is 0 Å². The van der Waals surface area contributed by atoms with Crippen molar-refractivity contribution in [2.24, 2.45) is 0 Å². The molecular weight excluding hydrogens is 342 g/mol. The van der Waals surface area contributed by atoms with Crippen LogP contribution in [-0.4, -0.2) is 42.6 Å². The van der Waals surface area contributed by atoms with Crippen LogP contribution >= 0.6 is 11.6 Å². The number of halogens is 1. The first-order valence-electron chi connectivity index (χ1n) is 9.29. The molecule has 0 bridgehead atoms. The molecule has 1 aromatic heterocycles. The topological polar surface area (TPSA) is 19.4 Å². The van der Waals surface area contributed by atoms with Gasteiger partial charge in [-0.05, 0) is 31.0 Å². The lowest BCUT2D eigenvalue weighted by molar-refractivity contribution is 0.271. The van der Waals surface area contributed by atoms with Crippen molar-refractivity contribution in [2.75, 3.05) is 37.6 Å². The van der Waals surface area contributed by atoms with E-state index < -0.39 is 0 Å². The number of anilines is 1. The summed E-state index contributed by atoms with van der Waals surface area (Å²) in [6, 6.07) is 16.7. The molecule has 0 aliphatic carbocycles. The summed E-state index contributed by atoms with van der Waals surface area (Å²) in [7, 11) is 0. The van der Waals surface area contributed by atoms with Crippen molar-refractivity contribution in [1.82, 2.24) is 9.88 Å². The molecule has 0 radical (unpaired) electrons. The number of likely N-dealkylation sites (N-methyl/N-ethyl adjacent to an activating group) is 1. The van der Waals surface area contributed by atoms with Crippen LogP contribution in [0.4, 0.5) is 5.82 Å². The highest BCUT2D eigenvalue weighted by Gasteiger charge is 2.20. The monoisotopic (exact) mass is 365 g/mol. The molecule has 1 saturated heterocycles. The molecule has 1 fully saturated rings. The van der Waals surface area contributed by atoms with Crippen molar-refractivity contribution in [2.45, 2.75) is 13.8 Å². The smallest absolute Gasteiger partial charge is 0.137 e. The Morgan fingerprint density at radius 2 is 1.77 bits per heavy atom. The second-order valence-corrected chi connectivity index (χ2v) is 7.36. The zero-order valence-corrected chi connectivity index (χ0v) is 16.1. The fraction of sp³-hybridized carbons (Fsp3) is 0.318. The van der Waals surface area contributed by atoms with Gasteiger partial charge in [0, 0.05) is 42.2 Å². The lowest BCUT2D eigenvalue weighted by Crippen LogP contribution is -2.46. The summed E-state index contributed by atoms with van der Waals surface area (Å²) in [6.07, 6.45) is 0. The first-order chi connectivity index (χ1) is 12.7. The summed E-state index contributed by atoms with van der Waals surface area (Å²) >= 11 is 6.46. The van der Waals surface area contributed by atoms with E-state index in [-0.39, 0.29) is 0 Å². The van der Waals surface area contributed by atoms with Crippen LogP contribution in [0.1, 0.15) is 12.5 Å². The molecule has 0 spiro atoms. The lowest BCUT2D eigenvalue weighted by atomic mass is 10.0. The summed E-state index contributed by atoms with van der Waals surface area (Å²) in [5, 5.41) is 3.19. The zero-order chi connectivity index (χ0) is 18.1. The molecule has 3 nitrogen and oxygen atoms in total. The Morgan fingerprint density at radius 3 is 2.50 bits per heavy atom. The molecule has 2 aromatic carbocycles. The van der Waals surface area contributed by atoms with Crippen molar-refractivity contribution in [1.29, 1.82) is 0 Å². The molecule has 4 heteroatoms. The van der Waals surface area contributed by atoms with E-state index in [1.807, 2.05) is 24.3 Å². The van der Waals surface area contributed by atoms with Crippen LogP contribution in [0.3, 0.4) is 0 Å². The van der Waals surface area contributed by atoms with Crippen LogP contribution < -0.4 is 4.90 Å². The van der Waals surface area contributed by atoms with Crippen LogP contribution in [0.2, 0.25) is 5.02 Å². The van der Waals surface area contributed by atoms with Crippen molar-refractivity contribution < 1.29 is 0 Å². The predicted octanol–water partition coefficient (Wildman–Crippen LogP) is 5.01. The van der Waals surface area contributed by atoms with E-state index in [1.165, 1.54) is 16.3 Å². The fourth-order valence-electron chi connectivity index (χ4n) is 3.68. The summed E-state index contributed by atoms with van der Waals surface area (Å²) in [4.78, 5) is 9.97. The SMILES string of the molecule is CCN1CCN(c2nc(-c3ccccc3Cl)cc3cc(C)ccc23)CC1. The Hall–Kier alpha value is -2.10. The molecule has 1 aliphatic rings. The van der Waals surface area contributed by atoms with Crippen molar-refractivity contribution in [3.63, 3.8) is 0 Å². The second kappa shape index (κ2) is 7.26. The number of rotatable bonds is 3. The number of benzene rings is 2. The molecular formula is C22H24ClN3. The largest absolute Gasteiger partial charge is 0.354 e. The number of aromatic nitrogens is 1. The number of piperazine rings is 1. The molecule has 0 unspecified atom stereocenters. The normalized spacial score (nSPS) is 15.6. The molecule has 1 aliphatic heterocycles. The van der Waals surface area contributed by atoms with Crippen molar-refractivity contribution in [3.8, 4) is 11.3 Å². The highest BCUT2D eigenvalue weighted by Crippen LogP contribution is 2.33. The molecule has 2 heterocycles. The van der Waals surface area contributed by atoms with Crippen LogP contribution in [0.15, 0.2) is 48.5 Å². The van der Waals surface area contributed by atoms with Crippen LogP contribution in [-0.2, 0) is 0 Å². The van der Waals surface area contributed by atoms with Crippen molar-refractivity contribution >= 4 is 28.2 Å². The van der Waals surface area contributed by atoms with Gasteiger partial charge >= 0.3 is 0 Å². The third-order valence-electron chi connectivity index (χ3n) is 5.24. The molecule has 0 amide bonds. The van der Waals surface area contributed by atoms with Crippen LogP contribution in [0, 0.1) is 6.92 Å². The van der Waals surface area contributed by atoms with E-state index in [0.717, 1.165) is 54.8 Å². The maximum absolute atomic E-state index is 6.46. The number of pyridine rings is 1. The number of hydrogen-bond donors (Lipinski definition) is 0. The lowest BCUT2D eigenvalue weighted by Gasteiger charge is -2.35. The van der Waals surface area contributed by atoms with Gasteiger partial charge in [0.15, 0.2) is 0 Å². The molecule has 0 saturated carbocycles. The zero-order valence-electron chi connectivity index (χ0n) is 15.4. The van der Waals surface area contributed by atoms with E-state index in [2.05, 4.69) is 47.9 Å². The highest BCUT2D eigenvalue weighted by molar-refractivity contribution is 6.33. The number of aryl methyl sites for hydroxylation is 1. The molecule has 0 atom stereocenters.